The van der Waals surface area contributed by atoms with Crippen LogP contribution < -0.4 is 5.32 Å². The van der Waals surface area contributed by atoms with Gasteiger partial charge in [0.05, 0.1) is 17.4 Å². The molecule has 0 unspecified atom stereocenters. The van der Waals surface area contributed by atoms with Crippen LogP contribution in [0.5, 0.6) is 0 Å². The number of ketones is 1. The van der Waals surface area contributed by atoms with E-state index in [1.165, 1.54) is 0 Å². The molecule has 0 saturated carbocycles. The standard InChI is InChI=1S/C28H20N6O2/c35-27(19-9-10-23-25(16-19)32-33-26(23)17-30-34-13-1-2-14-34)18-5-3-6-20(15-18)31-28(36)22-7-4-8-24-21(22)11-12-29-24/h1-17,29H,(H,31,36)(H,32,33). The first kappa shape index (κ1) is 21.3. The quantitative estimate of drug-likeness (QED) is 0.229. The van der Waals surface area contributed by atoms with E-state index in [1.807, 2.05) is 48.8 Å². The van der Waals surface area contributed by atoms with E-state index >= 15 is 0 Å². The van der Waals surface area contributed by atoms with Crippen molar-refractivity contribution in [2.75, 3.05) is 5.32 Å². The Kier molecular flexibility index (Phi) is 5.23. The zero-order valence-electron chi connectivity index (χ0n) is 19.0. The SMILES string of the molecule is O=C(c1cccc(NC(=O)c2cccc3[nH]ccc23)c1)c1ccc2c(C=Nn3cccc3)[nH]nc2c1. The van der Waals surface area contributed by atoms with E-state index < -0.39 is 0 Å². The predicted octanol–water partition coefficient (Wildman–Crippen LogP) is 5.21. The molecule has 3 aromatic carbocycles. The van der Waals surface area contributed by atoms with Gasteiger partial charge in [0, 0.05) is 57.3 Å². The summed E-state index contributed by atoms with van der Waals surface area (Å²) in [5.41, 5.74) is 4.38. The topological polar surface area (TPSA) is 108 Å². The van der Waals surface area contributed by atoms with Gasteiger partial charge in [-0.2, -0.15) is 10.2 Å². The summed E-state index contributed by atoms with van der Waals surface area (Å²) in [6.07, 6.45) is 7.16. The van der Waals surface area contributed by atoms with Crippen LogP contribution >= 0.6 is 0 Å². The molecule has 8 heteroatoms. The largest absolute Gasteiger partial charge is 0.361 e. The molecule has 3 aromatic heterocycles. The number of fused-ring (bicyclic) bond motifs is 2. The van der Waals surface area contributed by atoms with Crippen LogP contribution in [0.15, 0.2) is 103 Å². The normalized spacial score (nSPS) is 11.4. The molecule has 6 rings (SSSR count). The molecule has 0 aliphatic rings. The second-order valence-corrected chi connectivity index (χ2v) is 8.29. The van der Waals surface area contributed by atoms with E-state index in [4.69, 9.17) is 0 Å². The summed E-state index contributed by atoms with van der Waals surface area (Å²) in [5.74, 6) is -0.400. The van der Waals surface area contributed by atoms with Crippen molar-refractivity contribution in [3.8, 4) is 0 Å². The number of amides is 1. The lowest BCUT2D eigenvalue weighted by molar-refractivity contribution is 0.102. The average molecular weight is 473 g/mol. The Morgan fingerprint density at radius 2 is 1.72 bits per heavy atom. The maximum atomic E-state index is 13.2. The maximum absolute atomic E-state index is 13.2. The highest BCUT2D eigenvalue weighted by molar-refractivity contribution is 6.14. The molecule has 3 heterocycles. The Balaban J connectivity index is 1.23. The van der Waals surface area contributed by atoms with Gasteiger partial charge in [-0.25, -0.2) is 4.68 Å². The molecule has 0 saturated heterocycles. The summed E-state index contributed by atoms with van der Waals surface area (Å²) < 4.78 is 1.69. The zero-order valence-corrected chi connectivity index (χ0v) is 19.0. The number of carbonyl (C=O) groups is 2. The Morgan fingerprint density at radius 3 is 2.61 bits per heavy atom. The minimum absolute atomic E-state index is 0.161. The van der Waals surface area contributed by atoms with Crippen LogP contribution in [-0.4, -0.2) is 37.8 Å². The lowest BCUT2D eigenvalue weighted by atomic mass is 10.0. The van der Waals surface area contributed by atoms with Crippen molar-refractivity contribution < 1.29 is 9.59 Å². The number of nitrogens with one attached hydrogen (secondary N) is 3. The Hall–Kier alpha value is -5.24. The van der Waals surface area contributed by atoms with Crippen LogP contribution in [0.1, 0.15) is 32.0 Å². The molecule has 36 heavy (non-hydrogen) atoms. The minimum atomic E-state index is -0.239. The lowest BCUT2D eigenvalue weighted by Crippen LogP contribution is -2.12. The fraction of sp³-hybridized carbons (Fsp3) is 0. The molecule has 0 spiro atoms. The Labute approximate surface area is 205 Å². The van der Waals surface area contributed by atoms with Crippen LogP contribution in [0.3, 0.4) is 0 Å². The van der Waals surface area contributed by atoms with Gasteiger partial charge >= 0.3 is 0 Å². The van der Waals surface area contributed by atoms with Crippen LogP contribution in [0, 0.1) is 0 Å². The van der Waals surface area contributed by atoms with Gasteiger partial charge in [0.15, 0.2) is 5.78 Å². The summed E-state index contributed by atoms with van der Waals surface area (Å²) in [6, 6.07) is 23.5. The van der Waals surface area contributed by atoms with Crippen LogP contribution in [0.4, 0.5) is 5.69 Å². The van der Waals surface area contributed by atoms with E-state index in [9.17, 15) is 9.59 Å². The summed E-state index contributed by atoms with van der Waals surface area (Å²) in [6.45, 7) is 0. The zero-order chi connectivity index (χ0) is 24.5. The van der Waals surface area contributed by atoms with Crippen molar-refractivity contribution in [1.82, 2.24) is 19.9 Å². The smallest absolute Gasteiger partial charge is 0.256 e. The van der Waals surface area contributed by atoms with Gasteiger partial charge in [-0.3, -0.25) is 14.7 Å². The Bertz CT molecular complexity index is 1760. The molecular weight excluding hydrogens is 452 g/mol. The van der Waals surface area contributed by atoms with Gasteiger partial charge in [-0.1, -0.05) is 24.3 Å². The third-order valence-electron chi connectivity index (χ3n) is 5.98. The van der Waals surface area contributed by atoms with E-state index in [-0.39, 0.29) is 11.7 Å². The van der Waals surface area contributed by atoms with Crippen molar-refractivity contribution in [3.05, 3.63) is 120 Å². The number of aromatic nitrogens is 4. The summed E-state index contributed by atoms with van der Waals surface area (Å²) >= 11 is 0. The summed E-state index contributed by atoms with van der Waals surface area (Å²) in [7, 11) is 0. The van der Waals surface area contributed by atoms with Gasteiger partial charge in [0.2, 0.25) is 0 Å². The summed E-state index contributed by atoms with van der Waals surface area (Å²) in [5, 5.41) is 16.3. The molecule has 174 valence electrons. The van der Waals surface area contributed by atoms with Gasteiger partial charge < -0.3 is 10.3 Å². The number of hydrogen-bond acceptors (Lipinski definition) is 4. The van der Waals surface area contributed by atoms with Crippen molar-refractivity contribution in [3.63, 3.8) is 0 Å². The number of rotatable bonds is 6. The second-order valence-electron chi connectivity index (χ2n) is 8.29. The fourth-order valence-electron chi connectivity index (χ4n) is 4.19. The minimum Gasteiger partial charge on any atom is -0.361 e. The Morgan fingerprint density at radius 1 is 0.889 bits per heavy atom. The number of H-pyrrole nitrogens is 2. The maximum Gasteiger partial charge on any atom is 0.256 e. The molecule has 3 N–H and O–H groups in total. The number of carbonyl (C=O) groups excluding carboxylic acids is 2. The molecule has 0 aliphatic carbocycles. The third kappa shape index (κ3) is 3.97. The highest BCUT2D eigenvalue weighted by Gasteiger charge is 2.15. The molecule has 8 nitrogen and oxygen atoms in total. The van der Waals surface area contributed by atoms with Crippen molar-refractivity contribution in [2.45, 2.75) is 0 Å². The number of aromatic amines is 2. The van der Waals surface area contributed by atoms with E-state index in [2.05, 4.69) is 25.6 Å². The van der Waals surface area contributed by atoms with Crippen molar-refractivity contribution in [1.29, 1.82) is 0 Å². The van der Waals surface area contributed by atoms with Crippen LogP contribution in [0.2, 0.25) is 0 Å². The second kappa shape index (κ2) is 8.84. The van der Waals surface area contributed by atoms with Crippen LogP contribution in [0.25, 0.3) is 21.8 Å². The predicted molar refractivity (Wildman–Crippen MR) is 140 cm³/mol. The van der Waals surface area contributed by atoms with Gasteiger partial charge in [-0.15, -0.1) is 0 Å². The lowest BCUT2D eigenvalue weighted by Gasteiger charge is -2.08. The fourth-order valence-corrected chi connectivity index (χ4v) is 4.19. The summed E-state index contributed by atoms with van der Waals surface area (Å²) in [4.78, 5) is 29.3. The number of nitrogens with zero attached hydrogens (tertiary/aromatic N) is 3. The first-order valence-electron chi connectivity index (χ1n) is 11.3. The van der Waals surface area contributed by atoms with Crippen molar-refractivity contribution in [2.24, 2.45) is 5.10 Å². The number of anilines is 1. The van der Waals surface area contributed by atoms with E-state index in [0.29, 0.717) is 27.9 Å². The van der Waals surface area contributed by atoms with Gasteiger partial charge in [-0.05, 0) is 54.6 Å². The van der Waals surface area contributed by atoms with Gasteiger partial charge in [0.1, 0.15) is 0 Å². The molecule has 1 amide bonds. The van der Waals surface area contributed by atoms with E-state index in [1.54, 1.807) is 59.6 Å². The van der Waals surface area contributed by atoms with Gasteiger partial charge in [0.25, 0.3) is 5.91 Å². The monoisotopic (exact) mass is 472 g/mol. The highest BCUT2D eigenvalue weighted by Crippen LogP contribution is 2.22. The first-order chi connectivity index (χ1) is 17.7. The van der Waals surface area contributed by atoms with Crippen molar-refractivity contribution >= 4 is 45.4 Å². The molecule has 0 bridgehead atoms. The highest BCUT2D eigenvalue weighted by atomic mass is 16.1. The number of hydrogen-bond donors (Lipinski definition) is 3. The molecule has 0 fully saturated rings. The molecule has 0 radical (unpaired) electrons. The third-order valence-corrected chi connectivity index (χ3v) is 5.98. The molecule has 0 atom stereocenters. The molecular formula is C28H20N6O2. The molecule has 6 aromatic rings. The number of benzene rings is 3. The molecule has 0 aliphatic heterocycles. The van der Waals surface area contributed by atoms with E-state index in [0.717, 1.165) is 22.0 Å². The first-order valence-corrected chi connectivity index (χ1v) is 11.3. The average Bonchev–Trinajstić information content (AvgIpc) is 3.67. The van der Waals surface area contributed by atoms with Crippen LogP contribution in [-0.2, 0) is 0 Å².